The van der Waals surface area contributed by atoms with E-state index in [9.17, 15) is 0 Å². The summed E-state index contributed by atoms with van der Waals surface area (Å²) in [5.74, 6) is 0.776. The van der Waals surface area contributed by atoms with Crippen LogP contribution >= 0.6 is 11.6 Å². The van der Waals surface area contributed by atoms with Crippen LogP contribution in [-0.4, -0.2) is 16.5 Å². The molecule has 2 aromatic heterocycles. The van der Waals surface area contributed by atoms with E-state index >= 15 is 0 Å². The van der Waals surface area contributed by atoms with Crippen LogP contribution < -0.4 is 5.32 Å². The van der Waals surface area contributed by atoms with Gasteiger partial charge in [-0.05, 0) is 36.7 Å². The zero-order valence-corrected chi connectivity index (χ0v) is 10.3. The van der Waals surface area contributed by atoms with E-state index < -0.39 is 0 Å². The van der Waals surface area contributed by atoms with Crippen LogP contribution in [0, 0.1) is 0 Å². The van der Waals surface area contributed by atoms with Crippen molar-refractivity contribution in [3.63, 3.8) is 0 Å². The largest absolute Gasteiger partial charge is 0.448 e. The van der Waals surface area contributed by atoms with Gasteiger partial charge in [0.1, 0.15) is 12.1 Å². The predicted octanol–water partition coefficient (Wildman–Crippen LogP) is 2.81. The molecule has 1 unspecified atom stereocenters. The van der Waals surface area contributed by atoms with Crippen LogP contribution in [-0.2, 0) is 0 Å². The maximum atomic E-state index is 5.80. The first-order valence-electron chi connectivity index (χ1n) is 5.54. The van der Waals surface area contributed by atoms with Crippen molar-refractivity contribution in [2.75, 3.05) is 6.54 Å². The number of aromatic nitrogens is 2. The molecule has 1 atom stereocenters. The number of nitrogens with zero attached hydrogens (tertiary/aromatic N) is 2. The number of furan rings is 1. The lowest BCUT2D eigenvalue weighted by molar-refractivity contribution is 0.446. The summed E-state index contributed by atoms with van der Waals surface area (Å²) in [4.78, 5) is 8.04. The Labute approximate surface area is 105 Å². The molecule has 4 nitrogen and oxygen atoms in total. The van der Waals surface area contributed by atoms with Gasteiger partial charge in [-0.1, -0.05) is 6.92 Å². The van der Waals surface area contributed by atoms with Gasteiger partial charge in [-0.15, -0.1) is 0 Å². The summed E-state index contributed by atoms with van der Waals surface area (Å²) >= 11 is 5.80. The quantitative estimate of drug-likeness (QED) is 0.888. The molecule has 0 saturated heterocycles. The fourth-order valence-corrected chi connectivity index (χ4v) is 1.77. The minimum absolute atomic E-state index is 0.0522. The Morgan fingerprint density at radius 1 is 1.35 bits per heavy atom. The van der Waals surface area contributed by atoms with E-state index in [4.69, 9.17) is 16.0 Å². The van der Waals surface area contributed by atoms with Gasteiger partial charge in [-0.25, -0.2) is 9.97 Å². The summed E-state index contributed by atoms with van der Waals surface area (Å²) in [6, 6.07) is 3.55. The Morgan fingerprint density at radius 3 is 2.71 bits per heavy atom. The van der Waals surface area contributed by atoms with Gasteiger partial charge in [0.05, 0.1) is 6.04 Å². The Kier molecular flexibility index (Phi) is 4.12. The maximum Gasteiger partial charge on any atom is 0.193 e. The van der Waals surface area contributed by atoms with Crippen LogP contribution in [0.5, 0.6) is 0 Å². The lowest BCUT2D eigenvalue weighted by atomic mass is 10.1. The first-order chi connectivity index (χ1) is 8.31. The fraction of sp³-hybridized carbons (Fsp3) is 0.333. The SMILES string of the molecule is CCCNC(c1cncnc1)c1ccc(Cl)o1. The maximum absolute atomic E-state index is 5.80. The lowest BCUT2D eigenvalue weighted by Crippen LogP contribution is -2.23. The Hall–Kier alpha value is -1.39. The molecule has 2 heterocycles. The molecule has 0 radical (unpaired) electrons. The average Bonchev–Trinajstić information content (AvgIpc) is 2.78. The van der Waals surface area contributed by atoms with E-state index in [-0.39, 0.29) is 6.04 Å². The van der Waals surface area contributed by atoms with Crippen LogP contribution in [0.4, 0.5) is 0 Å². The molecule has 0 fully saturated rings. The van der Waals surface area contributed by atoms with Gasteiger partial charge < -0.3 is 9.73 Å². The van der Waals surface area contributed by atoms with Gasteiger partial charge >= 0.3 is 0 Å². The van der Waals surface area contributed by atoms with Gasteiger partial charge in [0, 0.05) is 18.0 Å². The zero-order valence-electron chi connectivity index (χ0n) is 9.56. The molecule has 0 amide bonds. The number of rotatable bonds is 5. The first-order valence-corrected chi connectivity index (χ1v) is 5.92. The smallest absolute Gasteiger partial charge is 0.193 e. The van der Waals surface area contributed by atoms with Crippen LogP contribution in [0.25, 0.3) is 0 Å². The molecule has 5 heteroatoms. The molecule has 0 aliphatic carbocycles. The monoisotopic (exact) mass is 251 g/mol. The standard InChI is InChI=1S/C12H14ClN3O/c1-2-5-16-12(9-6-14-8-15-7-9)10-3-4-11(13)17-10/h3-4,6-8,12,16H,2,5H2,1H3. The van der Waals surface area contributed by atoms with Crippen molar-refractivity contribution in [2.45, 2.75) is 19.4 Å². The zero-order chi connectivity index (χ0) is 12.1. The Bertz CT molecular complexity index is 458. The molecule has 0 bridgehead atoms. The Morgan fingerprint density at radius 2 is 2.12 bits per heavy atom. The molecular formula is C12H14ClN3O. The number of hydrogen-bond acceptors (Lipinski definition) is 4. The number of hydrogen-bond donors (Lipinski definition) is 1. The van der Waals surface area contributed by atoms with E-state index in [1.54, 1.807) is 18.5 Å². The second-order valence-corrected chi connectivity index (χ2v) is 4.07. The summed E-state index contributed by atoms with van der Waals surface area (Å²) in [5.41, 5.74) is 0.965. The summed E-state index contributed by atoms with van der Waals surface area (Å²) in [5, 5.41) is 3.77. The summed E-state index contributed by atoms with van der Waals surface area (Å²) in [7, 11) is 0. The van der Waals surface area contributed by atoms with Crippen molar-refractivity contribution < 1.29 is 4.42 Å². The first kappa shape index (κ1) is 12.1. The molecule has 0 aliphatic heterocycles. The number of nitrogens with one attached hydrogen (secondary N) is 1. The van der Waals surface area contributed by atoms with E-state index in [2.05, 4.69) is 22.2 Å². The molecule has 2 rings (SSSR count). The van der Waals surface area contributed by atoms with E-state index in [1.165, 1.54) is 6.33 Å². The van der Waals surface area contributed by atoms with E-state index in [0.717, 1.165) is 24.3 Å². The second kappa shape index (κ2) is 5.80. The van der Waals surface area contributed by atoms with Gasteiger partial charge in [0.25, 0.3) is 0 Å². The second-order valence-electron chi connectivity index (χ2n) is 3.70. The van der Waals surface area contributed by atoms with Crippen molar-refractivity contribution in [2.24, 2.45) is 0 Å². The van der Waals surface area contributed by atoms with Gasteiger partial charge in [0.2, 0.25) is 0 Å². The lowest BCUT2D eigenvalue weighted by Gasteiger charge is -2.15. The van der Waals surface area contributed by atoms with E-state index in [0.29, 0.717) is 5.22 Å². The van der Waals surface area contributed by atoms with Gasteiger partial charge in [0.15, 0.2) is 5.22 Å². The summed E-state index contributed by atoms with van der Waals surface area (Å²) in [6.07, 6.45) is 6.10. The molecule has 0 spiro atoms. The molecule has 1 N–H and O–H groups in total. The molecule has 0 aromatic carbocycles. The highest BCUT2D eigenvalue weighted by Gasteiger charge is 2.17. The minimum atomic E-state index is -0.0522. The summed E-state index contributed by atoms with van der Waals surface area (Å²) in [6.45, 7) is 3.00. The molecule has 17 heavy (non-hydrogen) atoms. The topological polar surface area (TPSA) is 51.0 Å². The van der Waals surface area contributed by atoms with Crippen LogP contribution in [0.15, 0.2) is 35.3 Å². The third-order valence-corrected chi connectivity index (χ3v) is 2.59. The van der Waals surface area contributed by atoms with Crippen molar-refractivity contribution in [3.05, 3.63) is 47.4 Å². The third kappa shape index (κ3) is 3.05. The average molecular weight is 252 g/mol. The van der Waals surface area contributed by atoms with Crippen LogP contribution in [0.2, 0.25) is 5.22 Å². The van der Waals surface area contributed by atoms with E-state index in [1.807, 2.05) is 6.07 Å². The van der Waals surface area contributed by atoms with Crippen molar-refractivity contribution >= 4 is 11.6 Å². The normalized spacial score (nSPS) is 12.6. The van der Waals surface area contributed by atoms with Crippen molar-refractivity contribution in [1.82, 2.24) is 15.3 Å². The highest BCUT2D eigenvalue weighted by molar-refractivity contribution is 6.28. The summed E-state index contributed by atoms with van der Waals surface area (Å²) < 4.78 is 5.44. The Balaban J connectivity index is 2.25. The van der Waals surface area contributed by atoms with Gasteiger partial charge in [-0.2, -0.15) is 0 Å². The highest BCUT2D eigenvalue weighted by Crippen LogP contribution is 2.24. The van der Waals surface area contributed by atoms with Crippen molar-refractivity contribution in [1.29, 1.82) is 0 Å². The predicted molar refractivity (Wildman–Crippen MR) is 65.9 cm³/mol. The molecular weight excluding hydrogens is 238 g/mol. The van der Waals surface area contributed by atoms with Crippen molar-refractivity contribution in [3.8, 4) is 0 Å². The van der Waals surface area contributed by atoms with Gasteiger partial charge in [-0.3, -0.25) is 0 Å². The van der Waals surface area contributed by atoms with Crippen LogP contribution in [0.3, 0.4) is 0 Å². The fourth-order valence-electron chi connectivity index (χ4n) is 1.61. The number of halogens is 1. The highest BCUT2D eigenvalue weighted by atomic mass is 35.5. The van der Waals surface area contributed by atoms with Crippen LogP contribution in [0.1, 0.15) is 30.7 Å². The molecule has 90 valence electrons. The third-order valence-electron chi connectivity index (χ3n) is 2.39. The molecule has 0 aliphatic rings. The molecule has 0 saturated carbocycles. The molecule has 2 aromatic rings. The minimum Gasteiger partial charge on any atom is -0.448 e.